The van der Waals surface area contributed by atoms with Crippen LogP contribution in [0.3, 0.4) is 0 Å². The smallest absolute Gasteiger partial charge is 0.0342 e. The van der Waals surface area contributed by atoms with Gasteiger partial charge in [-0.2, -0.15) is 0 Å². The maximum Gasteiger partial charge on any atom is 0.0342 e. The first-order valence-corrected chi connectivity index (χ1v) is 14.8. The summed E-state index contributed by atoms with van der Waals surface area (Å²) in [6.45, 7) is 15.6. The maximum absolute atomic E-state index is 6.20. The second kappa shape index (κ2) is 13.7. The first-order valence-electron chi connectivity index (χ1n) is 14.8. The van der Waals surface area contributed by atoms with E-state index >= 15 is 0 Å². The lowest BCUT2D eigenvalue weighted by Gasteiger charge is -2.21. The van der Waals surface area contributed by atoms with Gasteiger partial charge in [0, 0.05) is 17.4 Å². The largest absolute Gasteiger partial charge is 0.399 e. The standard InChI is InChI=1S/C33H42N2.C3H8/c1-6-9-28(7-2)35-29-19-14-24(15-20-29)32-30(23-12-16-26(17-13-23)33(3,4)5)11-8-10-25-22-27(34)18-21-31(25)32;1-3-2/h12-22,28,35H,6-11,34H2,1-5H3;3H2,1-2H3. The first-order chi connectivity index (χ1) is 18.2. The van der Waals surface area contributed by atoms with E-state index in [4.69, 9.17) is 5.73 Å². The molecular weight excluding hydrogens is 460 g/mol. The molecule has 2 nitrogen and oxygen atoms in total. The molecule has 3 N–H and O–H groups in total. The number of rotatable bonds is 7. The van der Waals surface area contributed by atoms with Crippen LogP contribution in [0.2, 0.25) is 0 Å². The van der Waals surface area contributed by atoms with Gasteiger partial charge in [0.05, 0.1) is 0 Å². The predicted octanol–water partition coefficient (Wildman–Crippen LogP) is 10.3. The lowest BCUT2D eigenvalue weighted by molar-refractivity contribution is 0.590. The third kappa shape index (κ3) is 7.53. The molecule has 204 valence electrons. The number of aryl methyl sites for hydroxylation is 1. The molecule has 1 atom stereocenters. The fraction of sp³-hybridized carbons (Fsp3) is 0.444. The van der Waals surface area contributed by atoms with Crippen LogP contribution in [0.15, 0.2) is 66.7 Å². The number of nitrogens with two attached hydrogens (primary N) is 1. The number of benzene rings is 3. The Morgan fingerprint density at radius 1 is 0.816 bits per heavy atom. The number of anilines is 2. The fourth-order valence-corrected chi connectivity index (χ4v) is 5.29. The molecule has 1 aliphatic rings. The van der Waals surface area contributed by atoms with Gasteiger partial charge in [0.1, 0.15) is 0 Å². The van der Waals surface area contributed by atoms with Crippen LogP contribution in [-0.2, 0) is 11.8 Å². The molecule has 0 spiro atoms. The summed E-state index contributed by atoms with van der Waals surface area (Å²) >= 11 is 0. The highest BCUT2D eigenvalue weighted by atomic mass is 14.9. The van der Waals surface area contributed by atoms with Gasteiger partial charge in [0.2, 0.25) is 0 Å². The lowest BCUT2D eigenvalue weighted by atomic mass is 9.84. The Hall–Kier alpha value is -3.00. The van der Waals surface area contributed by atoms with Gasteiger partial charge in [-0.1, -0.05) is 104 Å². The van der Waals surface area contributed by atoms with E-state index in [0.29, 0.717) is 6.04 Å². The fourth-order valence-electron chi connectivity index (χ4n) is 5.29. The van der Waals surface area contributed by atoms with E-state index in [0.717, 1.165) is 31.4 Å². The van der Waals surface area contributed by atoms with Gasteiger partial charge in [-0.3, -0.25) is 0 Å². The minimum absolute atomic E-state index is 0.153. The predicted molar refractivity (Wildman–Crippen MR) is 170 cm³/mol. The van der Waals surface area contributed by atoms with Crippen molar-refractivity contribution in [2.45, 2.75) is 105 Å². The minimum atomic E-state index is 0.153. The molecule has 0 radical (unpaired) electrons. The highest BCUT2D eigenvalue weighted by molar-refractivity contribution is 6.00. The van der Waals surface area contributed by atoms with Gasteiger partial charge in [-0.05, 0) is 101 Å². The number of nitrogens with one attached hydrogen (secondary N) is 1. The van der Waals surface area contributed by atoms with Gasteiger partial charge in [0.25, 0.3) is 0 Å². The van der Waals surface area contributed by atoms with Crippen molar-refractivity contribution in [2.24, 2.45) is 0 Å². The summed E-state index contributed by atoms with van der Waals surface area (Å²) in [5.41, 5.74) is 17.9. The normalized spacial score (nSPS) is 14.2. The van der Waals surface area contributed by atoms with Crippen molar-refractivity contribution >= 4 is 22.5 Å². The van der Waals surface area contributed by atoms with E-state index in [1.807, 2.05) is 0 Å². The Morgan fingerprint density at radius 3 is 2.03 bits per heavy atom. The molecule has 0 fully saturated rings. The number of fused-ring (bicyclic) bond motifs is 1. The second-order valence-corrected chi connectivity index (χ2v) is 11.8. The first kappa shape index (κ1) is 29.6. The van der Waals surface area contributed by atoms with Gasteiger partial charge in [0.15, 0.2) is 0 Å². The molecule has 1 aliphatic carbocycles. The summed E-state index contributed by atoms with van der Waals surface area (Å²) in [6, 6.07) is 25.3. The molecule has 0 heterocycles. The van der Waals surface area contributed by atoms with Gasteiger partial charge in [-0.25, -0.2) is 0 Å². The quantitative estimate of drug-likeness (QED) is 0.310. The summed E-state index contributed by atoms with van der Waals surface area (Å²) < 4.78 is 0. The average molecular weight is 511 g/mol. The molecule has 0 aliphatic heterocycles. The zero-order valence-electron chi connectivity index (χ0n) is 25.0. The van der Waals surface area contributed by atoms with Crippen molar-refractivity contribution in [3.63, 3.8) is 0 Å². The van der Waals surface area contributed by atoms with Crippen LogP contribution in [0.25, 0.3) is 11.1 Å². The lowest BCUT2D eigenvalue weighted by Crippen LogP contribution is -2.17. The maximum atomic E-state index is 6.20. The molecule has 0 amide bonds. The van der Waals surface area contributed by atoms with E-state index in [1.54, 1.807) is 0 Å². The third-order valence-electron chi connectivity index (χ3n) is 7.35. The number of hydrogen-bond donors (Lipinski definition) is 2. The molecule has 4 rings (SSSR count). The monoisotopic (exact) mass is 510 g/mol. The van der Waals surface area contributed by atoms with Crippen molar-refractivity contribution in [3.8, 4) is 0 Å². The van der Waals surface area contributed by atoms with Crippen LogP contribution < -0.4 is 11.1 Å². The van der Waals surface area contributed by atoms with Crippen LogP contribution in [0.1, 0.15) is 115 Å². The van der Waals surface area contributed by atoms with Crippen LogP contribution >= 0.6 is 0 Å². The third-order valence-corrected chi connectivity index (χ3v) is 7.35. The topological polar surface area (TPSA) is 38.0 Å². The Morgan fingerprint density at radius 2 is 1.45 bits per heavy atom. The molecular formula is C36H50N2. The van der Waals surface area contributed by atoms with E-state index in [-0.39, 0.29) is 5.41 Å². The van der Waals surface area contributed by atoms with Crippen LogP contribution in [0.5, 0.6) is 0 Å². The zero-order chi connectivity index (χ0) is 27.7. The van der Waals surface area contributed by atoms with Gasteiger partial charge < -0.3 is 11.1 Å². The Labute approximate surface area is 232 Å². The van der Waals surface area contributed by atoms with Crippen molar-refractivity contribution in [2.75, 3.05) is 11.1 Å². The van der Waals surface area contributed by atoms with Crippen molar-refractivity contribution in [1.29, 1.82) is 0 Å². The van der Waals surface area contributed by atoms with Crippen molar-refractivity contribution in [1.82, 2.24) is 0 Å². The Balaban J connectivity index is 0.00000127. The van der Waals surface area contributed by atoms with E-state index in [1.165, 1.54) is 63.9 Å². The number of allylic oxidation sites excluding steroid dienone is 1. The summed E-state index contributed by atoms with van der Waals surface area (Å²) in [5.74, 6) is 0. The molecule has 0 bridgehead atoms. The molecule has 3 aromatic rings. The molecule has 38 heavy (non-hydrogen) atoms. The molecule has 2 heteroatoms. The minimum Gasteiger partial charge on any atom is -0.399 e. The zero-order valence-corrected chi connectivity index (χ0v) is 25.0. The molecule has 0 aromatic heterocycles. The molecule has 3 aromatic carbocycles. The van der Waals surface area contributed by atoms with Crippen molar-refractivity contribution in [3.05, 3.63) is 94.5 Å². The molecule has 0 saturated heterocycles. The average Bonchev–Trinajstić information content (AvgIpc) is 3.08. The number of hydrogen-bond acceptors (Lipinski definition) is 2. The summed E-state index contributed by atoms with van der Waals surface area (Å²) in [5, 5.41) is 3.73. The summed E-state index contributed by atoms with van der Waals surface area (Å²) in [6.07, 6.45) is 8.05. The SMILES string of the molecule is CCC.CCCC(CC)Nc1ccc(C2=C(c3ccc(C(C)(C)C)cc3)CCCc3cc(N)ccc32)cc1. The second-order valence-electron chi connectivity index (χ2n) is 11.8. The summed E-state index contributed by atoms with van der Waals surface area (Å²) in [7, 11) is 0. The van der Waals surface area contributed by atoms with E-state index in [2.05, 4.69) is 121 Å². The molecule has 1 unspecified atom stereocenters. The van der Waals surface area contributed by atoms with Gasteiger partial charge in [-0.15, -0.1) is 0 Å². The van der Waals surface area contributed by atoms with Crippen LogP contribution in [-0.4, -0.2) is 6.04 Å². The van der Waals surface area contributed by atoms with Crippen LogP contribution in [0, 0.1) is 0 Å². The van der Waals surface area contributed by atoms with E-state index < -0.39 is 0 Å². The van der Waals surface area contributed by atoms with E-state index in [9.17, 15) is 0 Å². The van der Waals surface area contributed by atoms with Gasteiger partial charge >= 0.3 is 0 Å². The number of nitrogen functional groups attached to an aromatic ring is 1. The Kier molecular flexibility index (Phi) is 10.6. The highest BCUT2D eigenvalue weighted by Gasteiger charge is 2.21. The highest BCUT2D eigenvalue weighted by Crippen LogP contribution is 2.41. The van der Waals surface area contributed by atoms with Crippen LogP contribution in [0.4, 0.5) is 11.4 Å². The molecule has 0 saturated carbocycles. The van der Waals surface area contributed by atoms with Crippen molar-refractivity contribution < 1.29 is 0 Å². The summed E-state index contributed by atoms with van der Waals surface area (Å²) in [4.78, 5) is 0. The Bertz CT molecular complexity index is 1180.